The number of hydrogen-bond donors (Lipinski definition) is 2. The molecular weight excluding hydrogens is 368 g/mol. The van der Waals surface area contributed by atoms with E-state index in [1.165, 1.54) is 6.07 Å². The highest BCUT2D eigenvalue weighted by molar-refractivity contribution is 6.17. The molecule has 6 heteroatoms. The Kier molecular flexibility index (Phi) is 3.67. The highest BCUT2D eigenvalue weighted by atomic mass is 16.5. The second kappa shape index (κ2) is 6.24. The molecule has 142 valence electrons. The zero-order valence-electron chi connectivity index (χ0n) is 15.5. The summed E-state index contributed by atoms with van der Waals surface area (Å²) in [5.41, 5.74) is 3.44. The third kappa shape index (κ3) is 2.57. The summed E-state index contributed by atoms with van der Waals surface area (Å²) in [6, 6.07) is 16.0. The van der Waals surface area contributed by atoms with Gasteiger partial charge in [-0.1, -0.05) is 24.3 Å². The molecule has 0 atom stereocenters. The molecule has 6 nitrogen and oxygen atoms in total. The number of ketones is 1. The lowest BCUT2D eigenvalue weighted by Gasteiger charge is -2.06. The van der Waals surface area contributed by atoms with Gasteiger partial charge in [-0.25, -0.2) is 0 Å². The predicted molar refractivity (Wildman–Crippen MR) is 109 cm³/mol. The van der Waals surface area contributed by atoms with Gasteiger partial charge in [-0.05, 0) is 24.3 Å². The second-order valence-corrected chi connectivity index (χ2v) is 6.83. The second-order valence-electron chi connectivity index (χ2n) is 6.83. The Labute approximate surface area is 165 Å². The first kappa shape index (κ1) is 17.1. The van der Waals surface area contributed by atoms with Crippen LogP contribution in [0.2, 0.25) is 0 Å². The van der Waals surface area contributed by atoms with Crippen LogP contribution < -0.4 is 4.74 Å². The number of rotatable bonds is 2. The van der Waals surface area contributed by atoms with Gasteiger partial charge >= 0.3 is 0 Å². The van der Waals surface area contributed by atoms with Crippen molar-refractivity contribution in [3.63, 3.8) is 0 Å². The number of carbonyl (C=O) groups is 1. The number of ether oxygens (including phenoxy) is 1. The molecule has 0 fully saturated rings. The minimum Gasteiger partial charge on any atom is -0.508 e. The highest BCUT2D eigenvalue weighted by Crippen LogP contribution is 2.42. The molecule has 1 aliphatic heterocycles. The van der Waals surface area contributed by atoms with Crippen LogP contribution in [0, 0.1) is 0 Å². The van der Waals surface area contributed by atoms with E-state index in [1.54, 1.807) is 12.3 Å². The summed E-state index contributed by atoms with van der Waals surface area (Å²) in [6.07, 6.45) is 3.39. The molecule has 0 saturated heterocycles. The van der Waals surface area contributed by atoms with E-state index in [4.69, 9.17) is 4.74 Å². The van der Waals surface area contributed by atoms with Gasteiger partial charge in [-0.2, -0.15) is 0 Å². The summed E-state index contributed by atoms with van der Waals surface area (Å²) in [6.45, 7) is 0. The average molecular weight is 384 g/mol. The fraction of sp³-hybridized carbons (Fsp3) is 0.0435. The number of phenolic OH excluding ortho intramolecular Hbond substituents is 2. The normalized spacial score (nSPS) is 14.4. The number of carbonyl (C=O) groups excluding carboxylic acids is 1. The van der Waals surface area contributed by atoms with E-state index >= 15 is 0 Å². The van der Waals surface area contributed by atoms with Gasteiger partial charge in [0.1, 0.15) is 22.8 Å². The van der Waals surface area contributed by atoms with Crippen LogP contribution in [-0.2, 0) is 7.05 Å². The fourth-order valence-corrected chi connectivity index (χ4v) is 3.79. The Balaban J connectivity index is 1.74. The summed E-state index contributed by atoms with van der Waals surface area (Å²) in [4.78, 5) is 17.3. The molecule has 0 amide bonds. The summed E-state index contributed by atoms with van der Waals surface area (Å²) >= 11 is 0. The van der Waals surface area contributed by atoms with Crippen LogP contribution in [0.3, 0.4) is 0 Å². The van der Waals surface area contributed by atoms with E-state index in [0.29, 0.717) is 0 Å². The van der Waals surface area contributed by atoms with E-state index in [1.807, 2.05) is 54.1 Å². The van der Waals surface area contributed by atoms with Crippen molar-refractivity contribution >= 4 is 22.8 Å². The Morgan fingerprint density at radius 1 is 1.07 bits per heavy atom. The molecule has 0 radical (unpaired) electrons. The van der Waals surface area contributed by atoms with Gasteiger partial charge in [-0.15, -0.1) is 0 Å². The molecule has 29 heavy (non-hydrogen) atoms. The topological polar surface area (TPSA) is 84.6 Å². The Morgan fingerprint density at radius 3 is 2.66 bits per heavy atom. The lowest BCUT2D eigenvalue weighted by molar-refractivity contribution is 0.101. The summed E-state index contributed by atoms with van der Waals surface area (Å²) in [5.74, 6) is -0.698. The molecule has 0 aliphatic carbocycles. The van der Waals surface area contributed by atoms with Gasteiger partial charge in [0.2, 0.25) is 5.78 Å². The quantitative estimate of drug-likeness (QED) is 0.504. The van der Waals surface area contributed by atoms with Gasteiger partial charge in [-0.3, -0.25) is 9.78 Å². The zero-order chi connectivity index (χ0) is 20.1. The highest BCUT2D eigenvalue weighted by Gasteiger charge is 2.32. The molecule has 0 spiro atoms. The van der Waals surface area contributed by atoms with Crippen LogP contribution >= 0.6 is 0 Å². The SMILES string of the molecule is Cn1c(-c2ccccn2)c(/C=C2\Oc3cc(O)cc(O)c3C2=O)c2ccccc21. The van der Waals surface area contributed by atoms with Gasteiger partial charge in [0.15, 0.2) is 5.76 Å². The Morgan fingerprint density at radius 2 is 1.86 bits per heavy atom. The smallest absolute Gasteiger partial charge is 0.235 e. The zero-order valence-corrected chi connectivity index (χ0v) is 15.5. The van der Waals surface area contributed by atoms with Crippen molar-refractivity contribution in [3.05, 3.63) is 77.7 Å². The van der Waals surface area contributed by atoms with E-state index in [0.717, 1.165) is 33.9 Å². The molecular formula is C23H16N2O4. The Hall–Kier alpha value is -4.06. The molecule has 0 unspecified atom stereocenters. The number of nitrogens with zero attached hydrogens (tertiary/aromatic N) is 2. The summed E-state index contributed by atoms with van der Waals surface area (Å²) < 4.78 is 7.72. The average Bonchev–Trinajstić information content (AvgIpc) is 3.17. The molecule has 2 N–H and O–H groups in total. The van der Waals surface area contributed by atoms with Crippen molar-refractivity contribution in [3.8, 4) is 28.6 Å². The number of Topliss-reactive ketones (excluding diaryl/α,β-unsaturated/α-hetero) is 1. The largest absolute Gasteiger partial charge is 0.508 e. The fourth-order valence-electron chi connectivity index (χ4n) is 3.79. The molecule has 5 rings (SSSR count). The monoisotopic (exact) mass is 384 g/mol. The van der Waals surface area contributed by atoms with Crippen LogP contribution in [0.15, 0.2) is 66.6 Å². The molecule has 2 aromatic heterocycles. The van der Waals surface area contributed by atoms with E-state index in [9.17, 15) is 15.0 Å². The van der Waals surface area contributed by atoms with Crippen LogP contribution in [0.1, 0.15) is 15.9 Å². The number of allylic oxidation sites excluding steroid dienone is 1. The van der Waals surface area contributed by atoms with Crippen LogP contribution in [-0.4, -0.2) is 25.5 Å². The number of para-hydroxylation sites is 1. The minimum atomic E-state index is -0.433. The standard InChI is InChI=1S/C23H16N2O4/c1-25-17-8-3-2-6-14(17)15(22(25)16-7-4-5-9-24-16)12-20-23(28)21-18(27)10-13(26)11-19(21)29-20/h2-12,26-27H,1H3/b20-12-. The van der Waals surface area contributed by atoms with Crippen molar-refractivity contribution in [2.45, 2.75) is 0 Å². The molecule has 0 bridgehead atoms. The maximum atomic E-state index is 12.9. The van der Waals surface area contributed by atoms with Gasteiger partial charge < -0.3 is 19.5 Å². The first-order chi connectivity index (χ1) is 14.0. The van der Waals surface area contributed by atoms with Crippen LogP contribution in [0.5, 0.6) is 17.2 Å². The minimum absolute atomic E-state index is 0.0497. The third-order valence-electron chi connectivity index (χ3n) is 5.07. The van der Waals surface area contributed by atoms with Crippen molar-refractivity contribution in [2.75, 3.05) is 0 Å². The molecule has 0 saturated carbocycles. The lowest BCUT2D eigenvalue weighted by Crippen LogP contribution is -1.99. The summed E-state index contributed by atoms with van der Waals surface area (Å²) in [5, 5.41) is 20.7. The number of benzene rings is 2. The van der Waals surface area contributed by atoms with E-state index in [-0.39, 0.29) is 28.6 Å². The number of pyridine rings is 1. The van der Waals surface area contributed by atoms with Crippen LogP contribution in [0.4, 0.5) is 0 Å². The van der Waals surface area contributed by atoms with Gasteiger partial charge in [0, 0.05) is 41.8 Å². The van der Waals surface area contributed by atoms with Crippen molar-refractivity contribution in [2.24, 2.45) is 7.05 Å². The lowest BCUT2D eigenvalue weighted by atomic mass is 10.0. The van der Waals surface area contributed by atoms with Crippen molar-refractivity contribution in [1.82, 2.24) is 9.55 Å². The number of fused-ring (bicyclic) bond motifs is 2. The van der Waals surface area contributed by atoms with E-state index in [2.05, 4.69) is 4.98 Å². The molecule has 1 aliphatic rings. The third-order valence-corrected chi connectivity index (χ3v) is 5.07. The maximum absolute atomic E-state index is 12.9. The summed E-state index contributed by atoms with van der Waals surface area (Å²) in [7, 11) is 1.95. The van der Waals surface area contributed by atoms with Crippen LogP contribution in [0.25, 0.3) is 28.4 Å². The maximum Gasteiger partial charge on any atom is 0.235 e. The molecule has 4 aromatic rings. The number of aromatic hydroxyl groups is 2. The Bertz CT molecular complexity index is 1320. The molecule has 2 aromatic carbocycles. The number of phenols is 2. The van der Waals surface area contributed by atoms with E-state index < -0.39 is 5.78 Å². The van der Waals surface area contributed by atoms with Crippen molar-refractivity contribution in [1.29, 1.82) is 0 Å². The van der Waals surface area contributed by atoms with Crippen molar-refractivity contribution < 1.29 is 19.7 Å². The predicted octanol–water partition coefficient (Wildman–Crippen LogP) is 4.27. The number of aryl methyl sites for hydroxylation is 1. The number of aromatic nitrogens is 2. The first-order valence-corrected chi connectivity index (χ1v) is 9.03. The first-order valence-electron chi connectivity index (χ1n) is 9.03. The molecule has 3 heterocycles. The van der Waals surface area contributed by atoms with Gasteiger partial charge in [0.05, 0.1) is 11.4 Å². The van der Waals surface area contributed by atoms with Gasteiger partial charge in [0.25, 0.3) is 0 Å². The number of hydrogen-bond acceptors (Lipinski definition) is 5.